The molecule has 1 atom stereocenters. The van der Waals surface area contributed by atoms with Gasteiger partial charge in [-0.15, -0.1) is 0 Å². The predicted molar refractivity (Wildman–Crippen MR) is 157 cm³/mol. The highest BCUT2D eigenvalue weighted by molar-refractivity contribution is 7.92. The molecule has 0 aliphatic heterocycles. The van der Waals surface area contributed by atoms with E-state index in [9.17, 15) is 18.0 Å². The van der Waals surface area contributed by atoms with Crippen LogP contribution < -0.4 is 9.62 Å². The van der Waals surface area contributed by atoms with Crippen LogP contribution in [0.25, 0.3) is 0 Å². The minimum Gasteiger partial charge on any atom is -0.354 e. The molecule has 9 heteroatoms. The lowest BCUT2D eigenvalue weighted by molar-refractivity contribution is -0.140. The van der Waals surface area contributed by atoms with Gasteiger partial charge >= 0.3 is 0 Å². The summed E-state index contributed by atoms with van der Waals surface area (Å²) >= 11 is 6.47. The molecule has 0 fully saturated rings. The smallest absolute Gasteiger partial charge is 0.244 e. The third-order valence-corrected chi connectivity index (χ3v) is 7.96. The maximum absolute atomic E-state index is 14.1. The molecule has 39 heavy (non-hydrogen) atoms. The number of nitrogens with zero attached hydrogens (tertiary/aromatic N) is 2. The minimum atomic E-state index is -3.81. The van der Waals surface area contributed by atoms with E-state index in [1.165, 1.54) is 4.90 Å². The first-order valence-corrected chi connectivity index (χ1v) is 15.2. The quantitative estimate of drug-likeness (QED) is 0.294. The summed E-state index contributed by atoms with van der Waals surface area (Å²) < 4.78 is 26.9. The Labute approximate surface area is 236 Å². The molecule has 0 aliphatic rings. The van der Waals surface area contributed by atoms with Crippen molar-refractivity contribution in [2.45, 2.75) is 45.7 Å². The number of sulfonamides is 1. The van der Waals surface area contributed by atoms with Gasteiger partial charge < -0.3 is 10.2 Å². The molecule has 208 valence electrons. The molecule has 1 unspecified atom stereocenters. The van der Waals surface area contributed by atoms with Gasteiger partial charge in [-0.3, -0.25) is 13.9 Å². The standard InChI is InChI=1S/C30H36ClN3O4S/c1-4-5-19-32-30(36)28(20-24-14-7-6-8-15-24)33(21-25-16-10-11-17-26(25)31)29(35)22-34(39(3,37)38)27-18-12-9-13-23(27)2/h6-18,28H,4-5,19-22H2,1-3H3,(H,32,36). The molecule has 0 saturated heterocycles. The van der Waals surface area contributed by atoms with E-state index in [0.29, 0.717) is 28.4 Å². The largest absolute Gasteiger partial charge is 0.354 e. The molecule has 3 aromatic carbocycles. The lowest BCUT2D eigenvalue weighted by Gasteiger charge is -2.34. The van der Waals surface area contributed by atoms with E-state index in [1.54, 1.807) is 49.4 Å². The van der Waals surface area contributed by atoms with Gasteiger partial charge in [0.1, 0.15) is 12.6 Å². The van der Waals surface area contributed by atoms with Crippen LogP contribution in [0.3, 0.4) is 0 Å². The van der Waals surface area contributed by atoms with Crippen LogP contribution >= 0.6 is 11.6 Å². The summed E-state index contributed by atoms with van der Waals surface area (Å²) in [4.78, 5) is 29.1. The Morgan fingerprint density at radius 3 is 2.23 bits per heavy atom. The number of aryl methyl sites for hydroxylation is 1. The van der Waals surface area contributed by atoms with E-state index in [1.807, 2.05) is 43.3 Å². The molecule has 0 aromatic heterocycles. The van der Waals surface area contributed by atoms with Crippen molar-refractivity contribution < 1.29 is 18.0 Å². The topological polar surface area (TPSA) is 86.8 Å². The van der Waals surface area contributed by atoms with Gasteiger partial charge in [0.15, 0.2) is 0 Å². The number of carbonyl (C=O) groups excluding carboxylic acids is 2. The second-order valence-corrected chi connectivity index (χ2v) is 11.8. The number of benzene rings is 3. The van der Waals surface area contributed by atoms with Crippen molar-refractivity contribution in [3.05, 3.63) is 101 Å². The Hall–Kier alpha value is -3.36. The summed E-state index contributed by atoms with van der Waals surface area (Å²) in [6.45, 7) is 3.89. The zero-order chi connectivity index (χ0) is 28.4. The van der Waals surface area contributed by atoms with Gasteiger partial charge in [-0.2, -0.15) is 0 Å². The number of unbranched alkanes of at least 4 members (excludes halogenated alkanes) is 1. The second kappa shape index (κ2) is 14.1. The normalized spacial score (nSPS) is 12.0. The van der Waals surface area contributed by atoms with Crippen LogP contribution in [0.2, 0.25) is 5.02 Å². The molecule has 0 radical (unpaired) electrons. The number of halogens is 1. The molecule has 3 aromatic rings. The zero-order valence-electron chi connectivity index (χ0n) is 22.6. The second-order valence-electron chi connectivity index (χ2n) is 9.52. The average Bonchev–Trinajstić information content (AvgIpc) is 2.90. The fourth-order valence-electron chi connectivity index (χ4n) is 4.31. The zero-order valence-corrected chi connectivity index (χ0v) is 24.2. The Morgan fingerprint density at radius 2 is 1.59 bits per heavy atom. The fraction of sp³-hybridized carbons (Fsp3) is 0.333. The highest BCUT2D eigenvalue weighted by Crippen LogP contribution is 2.24. The Kier molecular flexibility index (Phi) is 10.9. The number of carbonyl (C=O) groups is 2. The van der Waals surface area contributed by atoms with E-state index >= 15 is 0 Å². The molecule has 0 bridgehead atoms. The molecular formula is C30H36ClN3O4S. The van der Waals surface area contributed by atoms with Crippen molar-refractivity contribution in [1.82, 2.24) is 10.2 Å². The Bertz CT molecular complexity index is 1370. The molecule has 3 rings (SSSR count). The third kappa shape index (κ3) is 8.57. The van der Waals surface area contributed by atoms with E-state index in [2.05, 4.69) is 5.32 Å². The molecular weight excluding hydrogens is 534 g/mol. The molecule has 0 spiro atoms. The lowest BCUT2D eigenvalue weighted by Crippen LogP contribution is -2.53. The summed E-state index contributed by atoms with van der Waals surface area (Å²) in [5, 5.41) is 3.42. The predicted octanol–water partition coefficient (Wildman–Crippen LogP) is 4.97. The van der Waals surface area contributed by atoms with Crippen LogP contribution in [0.4, 0.5) is 5.69 Å². The van der Waals surface area contributed by atoms with Crippen LogP contribution in [0, 0.1) is 6.92 Å². The minimum absolute atomic E-state index is 0.0442. The fourth-order valence-corrected chi connectivity index (χ4v) is 5.41. The van der Waals surface area contributed by atoms with Crippen molar-refractivity contribution in [2.75, 3.05) is 23.7 Å². The summed E-state index contributed by atoms with van der Waals surface area (Å²) in [7, 11) is -3.81. The van der Waals surface area contributed by atoms with Crippen LogP contribution in [-0.4, -0.2) is 50.5 Å². The summed E-state index contributed by atoms with van der Waals surface area (Å²) in [5.41, 5.74) is 2.67. The monoisotopic (exact) mass is 569 g/mol. The van der Waals surface area contributed by atoms with Gasteiger partial charge in [0.2, 0.25) is 21.8 Å². The van der Waals surface area contributed by atoms with Gasteiger partial charge in [0, 0.05) is 24.5 Å². The van der Waals surface area contributed by atoms with Crippen molar-refractivity contribution in [3.63, 3.8) is 0 Å². The number of rotatable bonds is 13. The van der Waals surface area contributed by atoms with Crippen molar-refractivity contribution in [2.24, 2.45) is 0 Å². The van der Waals surface area contributed by atoms with Gasteiger partial charge in [0.25, 0.3) is 0 Å². The average molecular weight is 570 g/mol. The van der Waals surface area contributed by atoms with Crippen LogP contribution in [0.5, 0.6) is 0 Å². The molecule has 0 saturated carbocycles. The summed E-state index contributed by atoms with van der Waals surface area (Å²) in [6.07, 6.45) is 3.05. The van der Waals surface area contributed by atoms with Crippen LogP contribution in [0.1, 0.15) is 36.5 Å². The maximum Gasteiger partial charge on any atom is 0.244 e. The highest BCUT2D eigenvalue weighted by Gasteiger charge is 2.33. The molecule has 2 amide bonds. The highest BCUT2D eigenvalue weighted by atomic mass is 35.5. The van der Waals surface area contributed by atoms with Gasteiger partial charge in [-0.25, -0.2) is 8.42 Å². The summed E-state index contributed by atoms with van der Waals surface area (Å²) in [6, 6.07) is 22.7. The molecule has 1 N–H and O–H groups in total. The Balaban J connectivity index is 2.05. The molecule has 0 aliphatic carbocycles. The van der Waals surface area contributed by atoms with Crippen molar-refractivity contribution in [1.29, 1.82) is 0 Å². The van der Waals surface area contributed by atoms with E-state index in [0.717, 1.165) is 29.0 Å². The van der Waals surface area contributed by atoms with Crippen molar-refractivity contribution in [3.8, 4) is 0 Å². The van der Waals surface area contributed by atoms with Gasteiger partial charge in [-0.05, 0) is 42.2 Å². The number of nitrogens with one attached hydrogen (secondary N) is 1. The van der Waals surface area contributed by atoms with E-state index in [-0.39, 0.29) is 18.9 Å². The van der Waals surface area contributed by atoms with Gasteiger partial charge in [-0.1, -0.05) is 91.7 Å². The van der Waals surface area contributed by atoms with Crippen LogP contribution in [-0.2, 0) is 32.6 Å². The Morgan fingerprint density at radius 1 is 0.949 bits per heavy atom. The number of hydrogen-bond acceptors (Lipinski definition) is 4. The number of amides is 2. The lowest BCUT2D eigenvalue weighted by atomic mass is 10.0. The number of para-hydroxylation sites is 1. The van der Waals surface area contributed by atoms with Crippen molar-refractivity contribution >= 4 is 39.1 Å². The third-order valence-electron chi connectivity index (χ3n) is 6.46. The number of hydrogen-bond donors (Lipinski definition) is 1. The SMILES string of the molecule is CCCCNC(=O)C(Cc1ccccc1)N(Cc1ccccc1Cl)C(=O)CN(c1ccccc1C)S(C)(=O)=O. The molecule has 7 nitrogen and oxygen atoms in total. The van der Waals surface area contributed by atoms with E-state index in [4.69, 9.17) is 11.6 Å². The maximum atomic E-state index is 14.1. The first-order valence-electron chi connectivity index (χ1n) is 13.0. The van der Waals surface area contributed by atoms with E-state index < -0.39 is 28.5 Å². The van der Waals surface area contributed by atoms with Gasteiger partial charge in [0.05, 0.1) is 11.9 Å². The first kappa shape index (κ1) is 30.2. The number of anilines is 1. The molecule has 0 heterocycles. The first-order chi connectivity index (χ1) is 18.6. The van der Waals surface area contributed by atoms with Crippen LogP contribution in [0.15, 0.2) is 78.9 Å². The summed E-state index contributed by atoms with van der Waals surface area (Å²) in [5.74, 6) is -0.801.